The van der Waals surface area contributed by atoms with Crippen LogP contribution in [0, 0.1) is 11.3 Å². The van der Waals surface area contributed by atoms with Gasteiger partial charge < -0.3 is 10.1 Å². The first-order chi connectivity index (χ1) is 8.45. The van der Waals surface area contributed by atoms with E-state index in [1.54, 1.807) is 0 Å². The maximum atomic E-state index is 6.62. The number of nitrogens with one attached hydrogen (secondary N) is 1. The Hall–Kier alpha value is -0.0800. The summed E-state index contributed by atoms with van der Waals surface area (Å²) in [6, 6.07) is 0. The van der Waals surface area contributed by atoms with E-state index in [0.717, 1.165) is 12.5 Å². The Morgan fingerprint density at radius 3 is 2.39 bits per heavy atom. The molecule has 0 radical (unpaired) electrons. The van der Waals surface area contributed by atoms with Crippen molar-refractivity contribution in [2.75, 3.05) is 13.6 Å². The Balaban J connectivity index is 1.98. The van der Waals surface area contributed by atoms with Gasteiger partial charge >= 0.3 is 0 Å². The number of hydrogen-bond donors (Lipinski definition) is 1. The van der Waals surface area contributed by atoms with Crippen LogP contribution in [0.1, 0.15) is 65.7 Å². The standard InChI is InChI=1S/C16H31NO/c1-13-9-14(11-15(2,3)10-13)18-16(12-17-4)7-5-6-8-16/h13-14,17H,5-12H2,1-4H3. The highest BCUT2D eigenvalue weighted by molar-refractivity contribution is 4.92. The lowest BCUT2D eigenvalue weighted by Crippen LogP contribution is -2.45. The van der Waals surface area contributed by atoms with E-state index in [2.05, 4.69) is 33.1 Å². The molecule has 0 aromatic carbocycles. The zero-order valence-corrected chi connectivity index (χ0v) is 12.7. The summed E-state index contributed by atoms with van der Waals surface area (Å²) in [5.41, 5.74) is 0.605. The zero-order valence-electron chi connectivity index (χ0n) is 12.7. The second-order valence-corrected chi connectivity index (χ2v) is 7.57. The number of ether oxygens (including phenoxy) is 1. The minimum atomic E-state index is 0.145. The van der Waals surface area contributed by atoms with Gasteiger partial charge in [0.1, 0.15) is 0 Å². The van der Waals surface area contributed by atoms with Crippen LogP contribution >= 0.6 is 0 Å². The summed E-state index contributed by atoms with van der Waals surface area (Å²) in [7, 11) is 2.05. The molecule has 2 heteroatoms. The van der Waals surface area contributed by atoms with Gasteiger partial charge in [-0.2, -0.15) is 0 Å². The highest BCUT2D eigenvalue weighted by Crippen LogP contribution is 2.43. The quantitative estimate of drug-likeness (QED) is 0.824. The molecule has 106 valence electrons. The SMILES string of the molecule is CNCC1(OC2CC(C)CC(C)(C)C2)CCCC1. The van der Waals surface area contributed by atoms with E-state index < -0.39 is 0 Å². The van der Waals surface area contributed by atoms with Crippen molar-refractivity contribution in [2.24, 2.45) is 11.3 Å². The molecule has 1 N–H and O–H groups in total. The van der Waals surface area contributed by atoms with Gasteiger partial charge in [0.2, 0.25) is 0 Å². The molecule has 0 aromatic rings. The van der Waals surface area contributed by atoms with Crippen molar-refractivity contribution in [1.29, 1.82) is 0 Å². The number of rotatable bonds is 4. The third-order valence-corrected chi connectivity index (χ3v) is 4.78. The van der Waals surface area contributed by atoms with Crippen LogP contribution in [0.2, 0.25) is 0 Å². The van der Waals surface area contributed by atoms with Crippen LogP contribution in [0.25, 0.3) is 0 Å². The van der Waals surface area contributed by atoms with Crippen molar-refractivity contribution in [3.8, 4) is 0 Å². The Bertz CT molecular complexity index is 268. The predicted octanol–water partition coefficient (Wildman–Crippen LogP) is 3.75. The molecular weight excluding hydrogens is 222 g/mol. The monoisotopic (exact) mass is 253 g/mol. The summed E-state index contributed by atoms with van der Waals surface area (Å²) in [4.78, 5) is 0. The van der Waals surface area contributed by atoms with Gasteiger partial charge in [0.25, 0.3) is 0 Å². The van der Waals surface area contributed by atoms with E-state index in [1.807, 2.05) is 0 Å². The van der Waals surface area contributed by atoms with E-state index in [-0.39, 0.29) is 5.60 Å². The van der Waals surface area contributed by atoms with Gasteiger partial charge in [-0.05, 0) is 50.5 Å². The summed E-state index contributed by atoms with van der Waals surface area (Å²) >= 11 is 0. The average Bonchev–Trinajstić information content (AvgIpc) is 2.63. The lowest BCUT2D eigenvalue weighted by molar-refractivity contribution is -0.122. The van der Waals surface area contributed by atoms with Crippen molar-refractivity contribution in [3.63, 3.8) is 0 Å². The smallest absolute Gasteiger partial charge is 0.0809 e. The minimum absolute atomic E-state index is 0.145. The Labute approximate surface area is 113 Å². The first-order valence-electron chi connectivity index (χ1n) is 7.77. The molecule has 2 saturated carbocycles. The third-order valence-electron chi connectivity index (χ3n) is 4.78. The van der Waals surface area contributed by atoms with E-state index in [9.17, 15) is 0 Å². The van der Waals surface area contributed by atoms with Crippen LogP contribution in [-0.4, -0.2) is 25.3 Å². The maximum Gasteiger partial charge on any atom is 0.0809 e. The average molecular weight is 253 g/mol. The van der Waals surface area contributed by atoms with Crippen molar-refractivity contribution in [2.45, 2.75) is 77.4 Å². The van der Waals surface area contributed by atoms with Crippen molar-refractivity contribution in [1.82, 2.24) is 5.32 Å². The third kappa shape index (κ3) is 3.48. The van der Waals surface area contributed by atoms with Crippen LogP contribution in [0.3, 0.4) is 0 Å². The Kier molecular flexibility index (Phi) is 4.38. The molecule has 18 heavy (non-hydrogen) atoms. The Morgan fingerprint density at radius 1 is 1.17 bits per heavy atom. The van der Waals surface area contributed by atoms with E-state index in [0.29, 0.717) is 11.5 Å². The molecule has 0 spiro atoms. The number of likely N-dealkylation sites (N-methyl/N-ethyl adjacent to an activating group) is 1. The van der Waals surface area contributed by atoms with Crippen LogP contribution in [0.4, 0.5) is 0 Å². The van der Waals surface area contributed by atoms with Gasteiger partial charge in [-0.25, -0.2) is 0 Å². The topological polar surface area (TPSA) is 21.3 Å². The summed E-state index contributed by atoms with van der Waals surface area (Å²) in [6.07, 6.45) is 9.51. The summed E-state index contributed by atoms with van der Waals surface area (Å²) in [5.74, 6) is 0.812. The fraction of sp³-hybridized carbons (Fsp3) is 1.00. The van der Waals surface area contributed by atoms with E-state index in [1.165, 1.54) is 44.9 Å². The predicted molar refractivity (Wildman–Crippen MR) is 76.8 cm³/mol. The molecule has 2 unspecified atom stereocenters. The van der Waals surface area contributed by atoms with Crippen molar-refractivity contribution in [3.05, 3.63) is 0 Å². The summed E-state index contributed by atoms with van der Waals surface area (Å²) < 4.78 is 6.62. The minimum Gasteiger partial charge on any atom is -0.370 e. The fourth-order valence-electron chi connectivity index (χ4n) is 4.38. The van der Waals surface area contributed by atoms with Gasteiger partial charge in [-0.3, -0.25) is 0 Å². The largest absolute Gasteiger partial charge is 0.370 e. The van der Waals surface area contributed by atoms with Crippen molar-refractivity contribution < 1.29 is 4.74 Å². The molecule has 0 saturated heterocycles. The van der Waals surface area contributed by atoms with Gasteiger partial charge in [0, 0.05) is 6.54 Å². The summed E-state index contributed by atoms with van der Waals surface area (Å²) in [5, 5.41) is 3.35. The zero-order chi connectivity index (χ0) is 13.2. The van der Waals surface area contributed by atoms with Crippen LogP contribution in [-0.2, 0) is 4.74 Å². The van der Waals surface area contributed by atoms with Crippen LogP contribution < -0.4 is 5.32 Å². The molecule has 0 aliphatic heterocycles. The lowest BCUT2D eigenvalue weighted by Gasteiger charge is -2.43. The van der Waals surface area contributed by atoms with Crippen LogP contribution in [0.5, 0.6) is 0 Å². The van der Waals surface area contributed by atoms with E-state index >= 15 is 0 Å². The molecule has 2 fully saturated rings. The molecule has 0 amide bonds. The molecular formula is C16H31NO. The first-order valence-corrected chi connectivity index (χ1v) is 7.77. The molecule has 2 rings (SSSR count). The molecule has 2 aliphatic carbocycles. The van der Waals surface area contributed by atoms with Crippen molar-refractivity contribution >= 4 is 0 Å². The van der Waals surface area contributed by atoms with Gasteiger partial charge in [-0.1, -0.05) is 33.6 Å². The lowest BCUT2D eigenvalue weighted by atomic mass is 9.71. The van der Waals surface area contributed by atoms with Gasteiger partial charge in [0.05, 0.1) is 11.7 Å². The molecule has 0 heterocycles. The second kappa shape index (κ2) is 5.50. The first kappa shape index (κ1) is 14.3. The normalized spacial score (nSPS) is 34.7. The number of hydrogen-bond acceptors (Lipinski definition) is 2. The Morgan fingerprint density at radius 2 is 1.83 bits per heavy atom. The van der Waals surface area contributed by atoms with E-state index in [4.69, 9.17) is 4.74 Å². The highest BCUT2D eigenvalue weighted by atomic mass is 16.5. The second-order valence-electron chi connectivity index (χ2n) is 7.57. The van der Waals surface area contributed by atoms with Crippen LogP contribution in [0.15, 0.2) is 0 Å². The molecule has 2 aliphatic rings. The summed E-state index contributed by atoms with van der Waals surface area (Å²) in [6.45, 7) is 8.21. The molecule has 2 nitrogen and oxygen atoms in total. The highest BCUT2D eigenvalue weighted by Gasteiger charge is 2.40. The fourth-order valence-corrected chi connectivity index (χ4v) is 4.38. The maximum absolute atomic E-state index is 6.62. The van der Waals surface area contributed by atoms with Gasteiger partial charge in [-0.15, -0.1) is 0 Å². The molecule has 0 bridgehead atoms. The van der Waals surface area contributed by atoms with Gasteiger partial charge in [0.15, 0.2) is 0 Å². The molecule has 0 aromatic heterocycles. The molecule has 2 atom stereocenters.